The molecule has 0 saturated carbocycles. The molecule has 11 nitrogen and oxygen atoms in total. The number of fused-ring (bicyclic) bond motifs is 1. The van der Waals surface area contributed by atoms with Gasteiger partial charge in [-0.25, -0.2) is 13.4 Å². The highest BCUT2D eigenvalue weighted by Crippen LogP contribution is 2.32. The van der Waals surface area contributed by atoms with Crippen LogP contribution in [0.1, 0.15) is 39.2 Å². The van der Waals surface area contributed by atoms with Crippen molar-refractivity contribution in [2.24, 2.45) is 7.05 Å². The first kappa shape index (κ1) is 28.8. The lowest BCUT2D eigenvalue weighted by Crippen LogP contribution is -2.48. The Morgan fingerprint density at radius 2 is 1.90 bits per heavy atom. The van der Waals surface area contributed by atoms with Gasteiger partial charge in [-0.2, -0.15) is 4.31 Å². The summed E-state index contributed by atoms with van der Waals surface area (Å²) in [5, 5.41) is 0. The maximum absolute atomic E-state index is 13.6. The highest BCUT2D eigenvalue weighted by Gasteiger charge is 2.29. The predicted octanol–water partition coefficient (Wildman–Crippen LogP) is 2.54. The van der Waals surface area contributed by atoms with Gasteiger partial charge in [0.05, 0.1) is 29.2 Å². The van der Waals surface area contributed by atoms with E-state index in [1.54, 1.807) is 16.7 Å². The van der Waals surface area contributed by atoms with Crippen molar-refractivity contribution in [3.05, 3.63) is 40.3 Å². The van der Waals surface area contributed by atoms with E-state index in [0.29, 0.717) is 68.2 Å². The smallest absolute Gasteiger partial charge is 0.302 e. The number of esters is 1. The van der Waals surface area contributed by atoms with Gasteiger partial charge in [-0.1, -0.05) is 13.3 Å². The Morgan fingerprint density at radius 1 is 1.15 bits per heavy atom. The van der Waals surface area contributed by atoms with E-state index < -0.39 is 10.0 Å². The van der Waals surface area contributed by atoms with Gasteiger partial charge in [-0.3, -0.25) is 9.59 Å². The van der Waals surface area contributed by atoms with Crippen molar-refractivity contribution in [3.8, 4) is 17.1 Å². The number of hydrogen-bond donors (Lipinski definition) is 1. The van der Waals surface area contributed by atoms with E-state index in [0.717, 1.165) is 24.9 Å². The van der Waals surface area contributed by atoms with Crippen LogP contribution >= 0.6 is 0 Å². The molecule has 2 aromatic heterocycles. The van der Waals surface area contributed by atoms with Crippen LogP contribution in [0.15, 0.2) is 34.1 Å². The molecule has 0 amide bonds. The fourth-order valence-electron chi connectivity index (χ4n) is 4.94. The Labute approximate surface area is 228 Å². The molecule has 12 heteroatoms. The summed E-state index contributed by atoms with van der Waals surface area (Å²) in [6, 6.07) is 4.70. The maximum Gasteiger partial charge on any atom is 0.302 e. The molecule has 0 spiro atoms. The Hall–Kier alpha value is -3.22. The zero-order chi connectivity index (χ0) is 28.2. The molecule has 3 aromatic rings. The first-order chi connectivity index (χ1) is 18.6. The van der Waals surface area contributed by atoms with Crippen LogP contribution in [0.3, 0.4) is 0 Å². The van der Waals surface area contributed by atoms with Gasteiger partial charge in [0, 0.05) is 52.9 Å². The predicted molar refractivity (Wildman–Crippen MR) is 148 cm³/mol. The van der Waals surface area contributed by atoms with Gasteiger partial charge < -0.3 is 23.9 Å². The molecular formula is C27H37N5O6S. The van der Waals surface area contributed by atoms with Crippen molar-refractivity contribution in [1.82, 2.24) is 23.7 Å². The molecule has 4 rings (SSSR count). The second kappa shape index (κ2) is 12.3. The van der Waals surface area contributed by atoms with Crippen LogP contribution < -0.4 is 10.3 Å². The number of aromatic amines is 1. The lowest BCUT2D eigenvalue weighted by molar-refractivity contribution is -0.141. The maximum atomic E-state index is 13.6. The number of nitrogens with one attached hydrogen (secondary N) is 1. The molecule has 1 saturated heterocycles. The Bertz CT molecular complexity index is 1490. The van der Waals surface area contributed by atoms with E-state index in [1.165, 1.54) is 17.3 Å². The first-order valence-electron chi connectivity index (χ1n) is 13.4. The van der Waals surface area contributed by atoms with Crippen molar-refractivity contribution in [1.29, 1.82) is 0 Å². The summed E-state index contributed by atoms with van der Waals surface area (Å²) in [5.74, 6) is 0.420. The molecule has 39 heavy (non-hydrogen) atoms. The van der Waals surface area contributed by atoms with Crippen LogP contribution in [0.25, 0.3) is 22.4 Å². The Balaban J connectivity index is 1.61. The summed E-state index contributed by atoms with van der Waals surface area (Å²) in [5.41, 5.74) is 2.19. The second-order valence-electron chi connectivity index (χ2n) is 9.66. The molecule has 0 unspecified atom stereocenters. The molecule has 1 fully saturated rings. The minimum absolute atomic E-state index is 0.119. The van der Waals surface area contributed by atoms with E-state index in [9.17, 15) is 18.0 Å². The van der Waals surface area contributed by atoms with Gasteiger partial charge in [0.2, 0.25) is 10.0 Å². The largest absolute Gasteiger partial charge is 0.493 e. The van der Waals surface area contributed by atoms with E-state index in [1.807, 2.05) is 20.2 Å². The Kier molecular flexibility index (Phi) is 9.08. The van der Waals surface area contributed by atoms with Gasteiger partial charge in [-0.05, 0) is 43.5 Å². The highest BCUT2D eigenvalue weighted by atomic mass is 32.2. The molecule has 0 atom stereocenters. The van der Waals surface area contributed by atoms with E-state index in [2.05, 4.69) is 16.8 Å². The molecule has 0 aliphatic carbocycles. The standard InChI is InChI=1S/C27H37N5O6S/c1-5-8-20-18-30(4)25-24(20)28-26(29-27(25)34)22-17-21(9-10-23(22)37-6-2)39(35,36)32-14-12-31(13-15-32)11-7-16-38-19(3)33/h9-10,17-18H,5-8,11-16H2,1-4H3,(H,28,29,34). The zero-order valence-electron chi connectivity index (χ0n) is 23.0. The average Bonchev–Trinajstić information content (AvgIpc) is 3.22. The molecule has 0 radical (unpaired) electrons. The fraction of sp³-hybridized carbons (Fsp3) is 0.519. The topological polar surface area (TPSA) is 127 Å². The van der Waals surface area contributed by atoms with E-state index >= 15 is 0 Å². The molecule has 0 bridgehead atoms. The number of hydrogen-bond acceptors (Lipinski definition) is 8. The number of benzene rings is 1. The van der Waals surface area contributed by atoms with Crippen LogP contribution in [0.2, 0.25) is 0 Å². The average molecular weight is 560 g/mol. The first-order valence-corrected chi connectivity index (χ1v) is 14.8. The third kappa shape index (κ3) is 6.34. The van der Waals surface area contributed by atoms with E-state index in [-0.39, 0.29) is 22.2 Å². The third-order valence-electron chi connectivity index (χ3n) is 6.82. The number of piperazine rings is 1. The lowest BCUT2D eigenvalue weighted by atomic mass is 10.1. The normalized spacial score (nSPS) is 15.1. The second-order valence-corrected chi connectivity index (χ2v) is 11.6. The van der Waals surface area contributed by atoms with Gasteiger partial charge in [0.25, 0.3) is 5.56 Å². The van der Waals surface area contributed by atoms with Crippen molar-refractivity contribution in [2.75, 3.05) is 45.9 Å². The number of carbonyl (C=O) groups excluding carboxylic acids is 1. The van der Waals surface area contributed by atoms with Gasteiger partial charge in [0.1, 0.15) is 17.1 Å². The minimum atomic E-state index is -3.79. The van der Waals surface area contributed by atoms with Crippen molar-refractivity contribution >= 4 is 27.0 Å². The SMILES string of the molecule is CCCc1cn(C)c2c(=O)[nH]c(-c3cc(S(=O)(=O)N4CCN(CCCOC(C)=O)CC4)ccc3OCC)nc12. The highest BCUT2D eigenvalue weighted by molar-refractivity contribution is 7.89. The molecule has 1 N–H and O–H groups in total. The molecule has 1 aliphatic heterocycles. The Morgan fingerprint density at radius 3 is 2.56 bits per heavy atom. The number of H-pyrrole nitrogens is 1. The number of nitrogens with zero attached hydrogens (tertiary/aromatic N) is 4. The lowest BCUT2D eigenvalue weighted by Gasteiger charge is -2.34. The van der Waals surface area contributed by atoms with Crippen molar-refractivity contribution in [2.45, 2.75) is 44.9 Å². The van der Waals surface area contributed by atoms with Gasteiger partial charge in [0.15, 0.2) is 0 Å². The summed E-state index contributed by atoms with van der Waals surface area (Å²) in [6.45, 7) is 8.63. The number of carbonyl (C=O) groups is 1. The van der Waals surface area contributed by atoms with E-state index in [4.69, 9.17) is 14.5 Å². The van der Waals surface area contributed by atoms with Crippen molar-refractivity contribution in [3.63, 3.8) is 0 Å². The summed E-state index contributed by atoms with van der Waals surface area (Å²) in [7, 11) is -1.98. The summed E-state index contributed by atoms with van der Waals surface area (Å²) < 4.78 is 41.3. The molecule has 1 aromatic carbocycles. The van der Waals surface area contributed by atoms with Crippen LogP contribution in [0, 0.1) is 0 Å². The summed E-state index contributed by atoms with van der Waals surface area (Å²) in [4.78, 5) is 33.9. The van der Waals surface area contributed by atoms with Crippen LogP contribution in [-0.2, 0) is 33.0 Å². The molecular weight excluding hydrogens is 522 g/mol. The number of aromatic nitrogens is 3. The van der Waals surface area contributed by atoms with Gasteiger partial charge >= 0.3 is 5.97 Å². The molecule has 3 heterocycles. The number of rotatable bonds is 11. The molecule has 212 valence electrons. The van der Waals surface area contributed by atoms with Crippen LogP contribution in [-0.4, -0.2) is 84.1 Å². The quantitative estimate of drug-likeness (QED) is 0.281. The van der Waals surface area contributed by atoms with Crippen molar-refractivity contribution < 1.29 is 22.7 Å². The monoisotopic (exact) mass is 559 g/mol. The third-order valence-corrected chi connectivity index (χ3v) is 8.71. The van der Waals surface area contributed by atoms with Crippen LogP contribution in [0.5, 0.6) is 5.75 Å². The number of ether oxygens (including phenoxy) is 2. The fourth-order valence-corrected chi connectivity index (χ4v) is 6.39. The summed E-state index contributed by atoms with van der Waals surface area (Å²) >= 11 is 0. The minimum Gasteiger partial charge on any atom is -0.493 e. The van der Waals surface area contributed by atoms with Crippen LogP contribution in [0.4, 0.5) is 0 Å². The number of sulfonamides is 1. The zero-order valence-corrected chi connectivity index (χ0v) is 23.8. The van der Waals surface area contributed by atoms with Gasteiger partial charge in [-0.15, -0.1) is 0 Å². The number of aryl methyl sites for hydroxylation is 2. The summed E-state index contributed by atoms with van der Waals surface area (Å²) in [6.07, 6.45) is 4.29. The molecule has 1 aliphatic rings.